The van der Waals surface area contributed by atoms with Crippen molar-refractivity contribution in [3.05, 3.63) is 59.8 Å². The standard InChI is InChI=1S/C17H18N2O2/c1-19(15-7-8-15)17(20)14-9-10-18-16(11-14)21-12-13-5-3-2-4-6-13/h2-6,9-11,15H,7-8,12H2,1H3. The normalized spacial score (nSPS) is 13.8. The van der Waals surface area contributed by atoms with Crippen LogP contribution < -0.4 is 4.74 Å². The lowest BCUT2D eigenvalue weighted by Gasteiger charge is -2.16. The molecule has 4 heteroatoms. The molecule has 0 saturated heterocycles. The van der Waals surface area contributed by atoms with Gasteiger partial charge >= 0.3 is 0 Å². The fourth-order valence-electron chi connectivity index (χ4n) is 2.18. The number of pyridine rings is 1. The lowest BCUT2D eigenvalue weighted by atomic mass is 10.2. The molecule has 0 radical (unpaired) electrons. The second-order valence-corrected chi connectivity index (χ2v) is 5.30. The second-order valence-electron chi connectivity index (χ2n) is 5.30. The van der Waals surface area contributed by atoms with Crippen molar-refractivity contribution in [1.82, 2.24) is 9.88 Å². The van der Waals surface area contributed by atoms with E-state index in [1.807, 2.05) is 37.4 Å². The average Bonchev–Trinajstić information content (AvgIpc) is 3.38. The number of rotatable bonds is 5. The topological polar surface area (TPSA) is 42.4 Å². The Kier molecular flexibility index (Phi) is 3.86. The van der Waals surface area contributed by atoms with Crippen molar-refractivity contribution in [2.45, 2.75) is 25.5 Å². The van der Waals surface area contributed by atoms with E-state index in [-0.39, 0.29) is 5.91 Å². The minimum Gasteiger partial charge on any atom is -0.473 e. The van der Waals surface area contributed by atoms with Crippen molar-refractivity contribution in [2.24, 2.45) is 0 Å². The number of hydrogen-bond donors (Lipinski definition) is 0. The Hall–Kier alpha value is -2.36. The van der Waals surface area contributed by atoms with Gasteiger partial charge in [-0.2, -0.15) is 0 Å². The van der Waals surface area contributed by atoms with E-state index in [1.165, 1.54) is 0 Å². The van der Waals surface area contributed by atoms with Gasteiger partial charge < -0.3 is 9.64 Å². The van der Waals surface area contributed by atoms with Crippen LogP contribution in [0.15, 0.2) is 48.7 Å². The fraction of sp³-hybridized carbons (Fsp3) is 0.294. The van der Waals surface area contributed by atoms with E-state index in [0.717, 1.165) is 18.4 Å². The Labute approximate surface area is 124 Å². The average molecular weight is 282 g/mol. The van der Waals surface area contributed by atoms with Gasteiger partial charge in [-0.05, 0) is 24.5 Å². The number of nitrogens with zero attached hydrogens (tertiary/aromatic N) is 2. The molecule has 0 atom stereocenters. The van der Waals surface area contributed by atoms with Crippen LogP contribution in [0.1, 0.15) is 28.8 Å². The van der Waals surface area contributed by atoms with Gasteiger partial charge in [-0.3, -0.25) is 4.79 Å². The van der Waals surface area contributed by atoms with Crippen LogP contribution in [0.3, 0.4) is 0 Å². The predicted octanol–water partition coefficient (Wildman–Crippen LogP) is 2.90. The summed E-state index contributed by atoms with van der Waals surface area (Å²) in [5.74, 6) is 0.512. The first-order valence-electron chi connectivity index (χ1n) is 7.14. The fourth-order valence-corrected chi connectivity index (χ4v) is 2.18. The summed E-state index contributed by atoms with van der Waals surface area (Å²) in [4.78, 5) is 18.3. The van der Waals surface area contributed by atoms with Gasteiger partial charge in [0.2, 0.25) is 5.88 Å². The maximum absolute atomic E-state index is 12.3. The van der Waals surface area contributed by atoms with Crippen LogP contribution in [-0.2, 0) is 6.61 Å². The summed E-state index contributed by atoms with van der Waals surface area (Å²) in [5, 5.41) is 0. The van der Waals surface area contributed by atoms with E-state index in [0.29, 0.717) is 24.1 Å². The molecule has 4 nitrogen and oxygen atoms in total. The number of amides is 1. The number of carbonyl (C=O) groups is 1. The number of ether oxygens (including phenoxy) is 1. The van der Waals surface area contributed by atoms with Crippen LogP contribution in [-0.4, -0.2) is 28.9 Å². The van der Waals surface area contributed by atoms with E-state index in [9.17, 15) is 4.79 Å². The smallest absolute Gasteiger partial charge is 0.254 e. The second kappa shape index (κ2) is 5.95. The van der Waals surface area contributed by atoms with Crippen LogP contribution >= 0.6 is 0 Å². The van der Waals surface area contributed by atoms with Crippen LogP contribution in [0.4, 0.5) is 0 Å². The lowest BCUT2D eigenvalue weighted by molar-refractivity contribution is 0.0784. The first kappa shape index (κ1) is 13.6. The third-order valence-corrected chi connectivity index (χ3v) is 3.63. The zero-order valence-electron chi connectivity index (χ0n) is 12.0. The summed E-state index contributed by atoms with van der Waals surface area (Å²) in [6, 6.07) is 13.7. The van der Waals surface area contributed by atoms with Gasteiger partial charge in [0.15, 0.2) is 0 Å². The SMILES string of the molecule is CN(C(=O)c1ccnc(OCc2ccccc2)c1)C1CC1. The molecule has 0 N–H and O–H groups in total. The van der Waals surface area contributed by atoms with Crippen molar-refractivity contribution in [3.8, 4) is 5.88 Å². The molecule has 0 spiro atoms. The number of carbonyl (C=O) groups excluding carboxylic acids is 1. The number of aromatic nitrogens is 1. The molecule has 3 rings (SSSR count). The molecule has 21 heavy (non-hydrogen) atoms. The van der Waals surface area contributed by atoms with Crippen molar-refractivity contribution >= 4 is 5.91 Å². The Morgan fingerprint density at radius 3 is 2.76 bits per heavy atom. The van der Waals surface area contributed by atoms with E-state index in [1.54, 1.807) is 23.2 Å². The van der Waals surface area contributed by atoms with Crippen LogP contribution in [0.25, 0.3) is 0 Å². The van der Waals surface area contributed by atoms with E-state index in [4.69, 9.17) is 4.74 Å². The third kappa shape index (κ3) is 3.40. The monoisotopic (exact) mass is 282 g/mol. The van der Waals surface area contributed by atoms with Crippen molar-refractivity contribution in [3.63, 3.8) is 0 Å². The predicted molar refractivity (Wildman–Crippen MR) is 80.1 cm³/mol. The molecule has 1 aromatic carbocycles. The molecule has 1 aliphatic carbocycles. The minimum atomic E-state index is 0.0319. The van der Waals surface area contributed by atoms with Gasteiger partial charge in [0.1, 0.15) is 6.61 Å². The van der Waals surface area contributed by atoms with Crippen LogP contribution in [0, 0.1) is 0 Å². The van der Waals surface area contributed by atoms with Gasteiger partial charge in [0.25, 0.3) is 5.91 Å². The highest BCUT2D eigenvalue weighted by Gasteiger charge is 2.30. The van der Waals surface area contributed by atoms with E-state index < -0.39 is 0 Å². The summed E-state index contributed by atoms with van der Waals surface area (Å²) in [5.41, 5.74) is 1.70. The largest absolute Gasteiger partial charge is 0.473 e. The van der Waals surface area contributed by atoms with Gasteiger partial charge in [0.05, 0.1) is 0 Å². The van der Waals surface area contributed by atoms with Crippen molar-refractivity contribution < 1.29 is 9.53 Å². The van der Waals surface area contributed by atoms with Crippen molar-refractivity contribution in [1.29, 1.82) is 0 Å². The van der Waals surface area contributed by atoms with Gasteiger partial charge in [0, 0.05) is 30.9 Å². The Balaban J connectivity index is 1.66. The first-order valence-corrected chi connectivity index (χ1v) is 7.14. The van der Waals surface area contributed by atoms with E-state index in [2.05, 4.69) is 4.98 Å². The molecule has 0 aliphatic heterocycles. The lowest BCUT2D eigenvalue weighted by Crippen LogP contribution is -2.28. The molecule has 1 amide bonds. The number of hydrogen-bond acceptors (Lipinski definition) is 3. The molecular formula is C17H18N2O2. The molecule has 1 aliphatic rings. The molecule has 2 aromatic rings. The zero-order chi connectivity index (χ0) is 14.7. The van der Waals surface area contributed by atoms with Gasteiger partial charge in [-0.15, -0.1) is 0 Å². The molecule has 0 unspecified atom stereocenters. The van der Waals surface area contributed by atoms with Crippen LogP contribution in [0.2, 0.25) is 0 Å². The first-order chi connectivity index (χ1) is 10.2. The maximum atomic E-state index is 12.3. The summed E-state index contributed by atoms with van der Waals surface area (Å²) in [6.45, 7) is 0.448. The van der Waals surface area contributed by atoms with Crippen LogP contribution in [0.5, 0.6) is 5.88 Å². The molecule has 1 aromatic heterocycles. The highest BCUT2D eigenvalue weighted by atomic mass is 16.5. The quantitative estimate of drug-likeness (QED) is 0.847. The summed E-state index contributed by atoms with van der Waals surface area (Å²) in [6.07, 6.45) is 3.82. The molecule has 1 heterocycles. The van der Waals surface area contributed by atoms with Gasteiger partial charge in [-0.1, -0.05) is 30.3 Å². The summed E-state index contributed by atoms with van der Waals surface area (Å²) in [7, 11) is 1.85. The Bertz CT molecular complexity index is 624. The molecular weight excluding hydrogens is 264 g/mol. The molecule has 1 fully saturated rings. The summed E-state index contributed by atoms with van der Waals surface area (Å²) < 4.78 is 5.66. The third-order valence-electron chi connectivity index (χ3n) is 3.63. The zero-order valence-corrected chi connectivity index (χ0v) is 12.0. The summed E-state index contributed by atoms with van der Waals surface area (Å²) >= 11 is 0. The Morgan fingerprint density at radius 2 is 2.05 bits per heavy atom. The maximum Gasteiger partial charge on any atom is 0.254 e. The van der Waals surface area contributed by atoms with E-state index >= 15 is 0 Å². The minimum absolute atomic E-state index is 0.0319. The molecule has 0 bridgehead atoms. The molecule has 1 saturated carbocycles. The highest BCUT2D eigenvalue weighted by Crippen LogP contribution is 2.27. The molecule has 108 valence electrons. The van der Waals surface area contributed by atoms with Crippen molar-refractivity contribution in [2.75, 3.05) is 7.05 Å². The highest BCUT2D eigenvalue weighted by molar-refractivity contribution is 5.94. The number of benzene rings is 1. The van der Waals surface area contributed by atoms with Gasteiger partial charge in [-0.25, -0.2) is 4.98 Å². The Morgan fingerprint density at radius 1 is 1.29 bits per heavy atom.